The number of azide groups is 1. The molecule has 252 valence electrons. The highest BCUT2D eigenvalue weighted by Gasteiger charge is 2.56. The molecule has 0 radical (unpaired) electrons. The highest BCUT2D eigenvalue weighted by molar-refractivity contribution is 7.52. The molecular weight excluding hydrogens is 651 g/mol. The average molecular weight is 683 g/mol. The summed E-state index contributed by atoms with van der Waals surface area (Å²) in [5.74, 6) is -0.293. The van der Waals surface area contributed by atoms with E-state index in [-0.39, 0.29) is 12.4 Å². The first-order chi connectivity index (χ1) is 23.0. The van der Waals surface area contributed by atoms with Gasteiger partial charge in [-0.15, -0.1) is 0 Å². The number of aliphatic hydroxyl groups excluding tert-OH is 2. The number of methoxy groups -OCH3 is 1. The summed E-state index contributed by atoms with van der Waals surface area (Å²) >= 11 is 0. The lowest BCUT2D eigenvalue weighted by Crippen LogP contribution is -2.45. The molecule has 1 aromatic heterocycles. The third kappa shape index (κ3) is 7.27. The third-order valence-electron chi connectivity index (χ3n) is 7.40. The second-order valence-corrected chi connectivity index (χ2v) is 12.3. The van der Waals surface area contributed by atoms with Gasteiger partial charge in [-0.1, -0.05) is 59.7 Å². The van der Waals surface area contributed by atoms with Gasteiger partial charge in [0.1, 0.15) is 36.4 Å². The van der Waals surface area contributed by atoms with Crippen LogP contribution in [0.2, 0.25) is 0 Å². The van der Waals surface area contributed by atoms with Crippen LogP contribution < -0.4 is 25.6 Å². The van der Waals surface area contributed by atoms with Gasteiger partial charge in [-0.2, -0.15) is 5.09 Å². The van der Waals surface area contributed by atoms with Gasteiger partial charge in [-0.3, -0.25) is 23.7 Å². The Hall–Kier alpha value is -4.99. The van der Waals surface area contributed by atoms with Crippen molar-refractivity contribution < 1.29 is 42.8 Å². The van der Waals surface area contributed by atoms with Crippen LogP contribution in [0.4, 0.5) is 0 Å². The summed E-state index contributed by atoms with van der Waals surface area (Å²) in [6.45, 7) is 0.254. The summed E-state index contributed by atoms with van der Waals surface area (Å²) in [5.41, 5.74) is 5.87. The van der Waals surface area contributed by atoms with Crippen LogP contribution in [0, 0.1) is 0 Å². The van der Waals surface area contributed by atoms with Crippen LogP contribution in [0.3, 0.4) is 0 Å². The summed E-state index contributed by atoms with van der Waals surface area (Å²) in [7, 11) is -3.23. The molecule has 0 bridgehead atoms. The molecule has 2 heterocycles. The van der Waals surface area contributed by atoms with Crippen LogP contribution in [0.1, 0.15) is 18.7 Å². The van der Waals surface area contributed by atoms with Gasteiger partial charge in [-0.05, 0) is 30.2 Å². The number of H-pyrrole nitrogens is 1. The summed E-state index contributed by atoms with van der Waals surface area (Å²) < 4.78 is 43.3. The van der Waals surface area contributed by atoms with E-state index < -0.39 is 61.8 Å². The minimum Gasteiger partial charge on any atom is -0.496 e. The number of aliphatic hydroxyl groups is 2. The monoisotopic (exact) mass is 682 g/mol. The first kappa shape index (κ1) is 34.3. The number of nitrogens with zero attached hydrogens (tertiary/aromatic N) is 4. The first-order valence-corrected chi connectivity index (χ1v) is 15.9. The maximum absolute atomic E-state index is 14.5. The van der Waals surface area contributed by atoms with Gasteiger partial charge in [0.25, 0.3) is 5.56 Å². The van der Waals surface area contributed by atoms with Gasteiger partial charge in [-0.25, -0.2) is 9.36 Å². The highest BCUT2D eigenvalue weighted by Crippen LogP contribution is 2.50. The Kier molecular flexibility index (Phi) is 10.3. The van der Waals surface area contributed by atoms with Crippen molar-refractivity contribution in [1.82, 2.24) is 14.6 Å². The van der Waals surface area contributed by atoms with Crippen molar-refractivity contribution in [1.29, 1.82) is 0 Å². The van der Waals surface area contributed by atoms with Crippen LogP contribution in [-0.4, -0.2) is 63.4 Å². The number of hydrogen-bond acceptors (Lipinski definition) is 12. The quantitative estimate of drug-likeness (QED) is 0.0524. The Labute approximate surface area is 271 Å². The molecule has 1 aliphatic rings. The van der Waals surface area contributed by atoms with Crippen LogP contribution >= 0.6 is 7.75 Å². The van der Waals surface area contributed by atoms with E-state index in [1.807, 2.05) is 4.98 Å². The number of carbonyl (C=O) groups excluding carboxylic acids is 1. The van der Waals surface area contributed by atoms with Gasteiger partial charge >= 0.3 is 19.4 Å². The van der Waals surface area contributed by atoms with E-state index in [2.05, 4.69) is 15.1 Å². The van der Waals surface area contributed by atoms with Crippen LogP contribution in [0.15, 0.2) is 93.7 Å². The van der Waals surface area contributed by atoms with E-state index in [1.54, 1.807) is 60.7 Å². The van der Waals surface area contributed by atoms with Crippen molar-refractivity contribution in [3.63, 3.8) is 0 Å². The number of nitrogens with one attached hydrogen (secondary N) is 2. The SMILES string of the molecule is COc1ccc(OP(=O)(N[C@@H](C)C(=O)OCc2ccccc2)OC[C@@]2(N=[N+]=[N-])O[C@@H](n3ccc(=O)[nH]c3=O)[C@H](O)[C@@H]2O)c2ccccc12. The van der Waals surface area contributed by atoms with E-state index in [4.69, 9.17) is 23.3 Å². The molecule has 1 unspecified atom stereocenters. The maximum atomic E-state index is 14.5. The van der Waals surface area contributed by atoms with Crippen molar-refractivity contribution in [2.24, 2.45) is 5.11 Å². The van der Waals surface area contributed by atoms with Crippen LogP contribution in [0.25, 0.3) is 21.2 Å². The smallest absolute Gasteiger partial charge is 0.459 e. The van der Waals surface area contributed by atoms with Crippen molar-refractivity contribution in [3.8, 4) is 11.5 Å². The van der Waals surface area contributed by atoms with E-state index >= 15 is 0 Å². The van der Waals surface area contributed by atoms with E-state index in [9.17, 15) is 34.7 Å². The Morgan fingerprint density at radius 3 is 2.44 bits per heavy atom. The standard InChI is InChI=1S/C30H31N6O11P/c1-18(28(40)44-16-19-8-4-3-5-9-19)33-48(42,47-23-13-12-22(43-2)20-10-6-7-11-21(20)23)45-17-30(34-35-31)26(39)25(38)27(46-30)36-15-14-24(37)32-29(36)41/h3-15,18,25-27,38-39H,16-17H2,1-2H3,(H,33,42)(H,32,37,41)/t18-,25+,26-,27+,30+,48?/m0/s1. The minimum atomic E-state index is -4.71. The Bertz CT molecular complexity index is 2000. The molecule has 5 rings (SSSR count). The van der Waals surface area contributed by atoms with Gasteiger partial charge in [0.05, 0.1) is 13.7 Å². The first-order valence-electron chi connectivity index (χ1n) is 14.4. The van der Waals surface area contributed by atoms with Crippen molar-refractivity contribution in [2.75, 3.05) is 13.7 Å². The molecule has 1 fully saturated rings. The second kappa shape index (κ2) is 14.4. The number of benzene rings is 3. The fourth-order valence-corrected chi connectivity index (χ4v) is 6.50. The highest BCUT2D eigenvalue weighted by atomic mass is 31.2. The van der Waals surface area contributed by atoms with Crippen molar-refractivity contribution in [3.05, 3.63) is 116 Å². The molecule has 4 aromatic rings. The molecule has 48 heavy (non-hydrogen) atoms. The number of aromatic amines is 1. The fourth-order valence-electron chi connectivity index (χ4n) is 4.97. The van der Waals surface area contributed by atoms with E-state index in [0.29, 0.717) is 22.1 Å². The Morgan fingerprint density at radius 1 is 1.10 bits per heavy atom. The normalized spacial score (nSPS) is 22.3. The molecule has 0 saturated carbocycles. The predicted octanol–water partition coefficient (Wildman–Crippen LogP) is 2.88. The number of fused-ring (bicyclic) bond motifs is 1. The van der Waals surface area contributed by atoms with Gasteiger partial charge in [0.2, 0.25) is 5.72 Å². The average Bonchev–Trinajstić information content (AvgIpc) is 3.32. The van der Waals surface area contributed by atoms with Gasteiger partial charge in [0, 0.05) is 27.9 Å². The van der Waals surface area contributed by atoms with Crippen LogP contribution in [0.5, 0.6) is 11.5 Å². The number of esters is 1. The molecular formula is C30H31N6O11P. The number of rotatable bonds is 13. The van der Waals surface area contributed by atoms with Gasteiger partial charge in [0.15, 0.2) is 6.23 Å². The summed E-state index contributed by atoms with van der Waals surface area (Å²) in [5, 5.41) is 28.9. The molecule has 1 aliphatic heterocycles. The second-order valence-electron chi connectivity index (χ2n) is 10.6. The lowest BCUT2D eigenvalue weighted by molar-refractivity contribution is -0.146. The summed E-state index contributed by atoms with van der Waals surface area (Å²) in [6, 6.07) is 18.4. The largest absolute Gasteiger partial charge is 0.496 e. The zero-order valence-corrected chi connectivity index (χ0v) is 26.4. The topological polar surface area (TPSA) is 236 Å². The minimum absolute atomic E-state index is 0.0375. The number of ether oxygens (including phenoxy) is 3. The predicted molar refractivity (Wildman–Crippen MR) is 169 cm³/mol. The molecule has 18 heteroatoms. The maximum Gasteiger partial charge on any atom is 0.459 e. The molecule has 17 nitrogen and oxygen atoms in total. The van der Waals surface area contributed by atoms with Gasteiger partial charge < -0.3 is 28.9 Å². The van der Waals surface area contributed by atoms with Crippen molar-refractivity contribution >= 4 is 24.5 Å². The Morgan fingerprint density at radius 2 is 1.77 bits per heavy atom. The van der Waals surface area contributed by atoms with E-state index in [0.717, 1.165) is 16.8 Å². The lowest BCUT2D eigenvalue weighted by Gasteiger charge is -2.30. The van der Waals surface area contributed by atoms with Crippen molar-refractivity contribution in [2.45, 2.75) is 43.7 Å². The zero-order chi connectivity index (χ0) is 34.5. The summed E-state index contributed by atoms with van der Waals surface area (Å²) in [4.78, 5) is 41.6. The van der Waals surface area contributed by atoms with E-state index in [1.165, 1.54) is 20.1 Å². The third-order valence-corrected chi connectivity index (χ3v) is 9.00. The molecule has 0 amide bonds. The fraction of sp³-hybridized carbons (Fsp3) is 0.300. The summed E-state index contributed by atoms with van der Waals surface area (Å²) in [6.07, 6.45) is -4.61. The molecule has 0 aliphatic carbocycles. The zero-order valence-electron chi connectivity index (χ0n) is 25.5. The molecule has 6 atom stereocenters. The molecule has 3 aromatic carbocycles. The molecule has 1 saturated heterocycles. The molecule has 0 spiro atoms. The number of aromatic nitrogens is 2. The molecule has 4 N–H and O–H groups in total. The number of hydrogen-bond donors (Lipinski definition) is 4. The number of carbonyl (C=O) groups is 1. The lowest BCUT2D eigenvalue weighted by atomic mass is 10.1. The van der Waals surface area contributed by atoms with Crippen LogP contribution in [-0.2, 0) is 30.0 Å². The Balaban J connectivity index is 1.46.